The molecule has 0 aromatic carbocycles. The topological polar surface area (TPSA) is 41.6 Å². The Balaban J connectivity index is 1.80. The van der Waals surface area contributed by atoms with Gasteiger partial charge in [0.1, 0.15) is 0 Å². The van der Waals surface area contributed by atoms with Crippen molar-refractivity contribution in [3.8, 4) is 0 Å². The first-order valence-corrected chi connectivity index (χ1v) is 6.77. The van der Waals surface area contributed by atoms with E-state index in [1.54, 1.807) is 0 Å². The zero-order valence-corrected chi connectivity index (χ0v) is 10.9. The predicted octanol–water partition coefficient (Wildman–Crippen LogP) is 1.01. The molecule has 2 saturated heterocycles. The van der Waals surface area contributed by atoms with Gasteiger partial charge in [0.2, 0.25) is 5.91 Å². The van der Waals surface area contributed by atoms with Crippen molar-refractivity contribution < 1.29 is 9.53 Å². The Kier molecular flexibility index (Phi) is 4.40. The van der Waals surface area contributed by atoms with Gasteiger partial charge in [-0.3, -0.25) is 4.79 Å². The molecule has 2 rings (SSSR count). The van der Waals surface area contributed by atoms with Crippen LogP contribution in [0.1, 0.15) is 32.6 Å². The van der Waals surface area contributed by atoms with Crippen molar-refractivity contribution in [2.24, 2.45) is 5.92 Å². The maximum atomic E-state index is 12.1. The van der Waals surface area contributed by atoms with E-state index < -0.39 is 0 Å². The summed E-state index contributed by atoms with van der Waals surface area (Å²) in [6, 6.07) is 0.557. The summed E-state index contributed by atoms with van der Waals surface area (Å²) in [5.41, 5.74) is 0. The van der Waals surface area contributed by atoms with Crippen molar-refractivity contribution in [1.82, 2.24) is 10.2 Å². The zero-order valence-electron chi connectivity index (χ0n) is 10.9. The third-order valence-electron chi connectivity index (χ3n) is 4.06. The molecule has 0 saturated carbocycles. The van der Waals surface area contributed by atoms with Gasteiger partial charge in [0.15, 0.2) is 0 Å². The lowest BCUT2D eigenvalue weighted by atomic mass is 9.93. The fourth-order valence-corrected chi connectivity index (χ4v) is 2.93. The maximum absolute atomic E-state index is 12.1. The number of nitrogens with zero attached hydrogens (tertiary/aromatic N) is 1. The second kappa shape index (κ2) is 5.83. The number of ether oxygens (including phenoxy) is 1. The first-order valence-electron chi connectivity index (χ1n) is 6.77. The maximum Gasteiger partial charge on any atom is 0.225 e. The molecule has 1 amide bonds. The van der Waals surface area contributed by atoms with Crippen molar-refractivity contribution in [1.29, 1.82) is 0 Å². The SMILES string of the molecule is CNC1CCN(C(=O)CC2CCCO2)CC1C. The van der Waals surface area contributed by atoms with E-state index in [9.17, 15) is 4.79 Å². The van der Waals surface area contributed by atoms with Crippen molar-refractivity contribution in [2.45, 2.75) is 44.8 Å². The molecule has 1 N–H and O–H groups in total. The summed E-state index contributed by atoms with van der Waals surface area (Å²) in [6.07, 6.45) is 3.98. The highest BCUT2D eigenvalue weighted by Gasteiger charge is 2.29. The summed E-state index contributed by atoms with van der Waals surface area (Å²) in [6.45, 7) is 4.82. The molecule has 2 fully saturated rings. The highest BCUT2D eigenvalue weighted by Crippen LogP contribution is 2.20. The third-order valence-corrected chi connectivity index (χ3v) is 4.06. The molecule has 2 aliphatic heterocycles. The molecule has 3 unspecified atom stereocenters. The average molecular weight is 240 g/mol. The number of hydrogen-bond donors (Lipinski definition) is 1. The molecule has 0 aromatic rings. The van der Waals surface area contributed by atoms with Crippen LogP contribution in [0.15, 0.2) is 0 Å². The number of hydrogen-bond acceptors (Lipinski definition) is 3. The lowest BCUT2D eigenvalue weighted by molar-refractivity contribution is -0.135. The van der Waals surface area contributed by atoms with Crippen LogP contribution in [0.4, 0.5) is 0 Å². The van der Waals surface area contributed by atoms with Gasteiger partial charge in [-0.2, -0.15) is 0 Å². The van der Waals surface area contributed by atoms with Gasteiger partial charge in [0.25, 0.3) is 0 Å². The summed E-state index contributed by atoms with van der Waals surface area (Å²) in [5, 5.41) is 3.32. The van der Waals surface area contributed by atoms with Crippen molar-refractivity contribution in [3.05, 3.63) is 0 Å². The molecule has 98 valence electrons. The number of carbonyl (C=O) groups excluding carboxylic acids is 1. The standard InChI is InChI=1S/C13H24N2O2/c1-10-9-15(6-5-12(10)14-2)13(16)8-11-4-3-7-17-11/h10-12,14H,3-9H2,1-2H3. The van der Waals surface area contributed by atoms with Crippen molar-refractivity contribution >= 4 is 5.91 Å². The first-order chi connectivity index (χ1) is 8.20. The van der Waals surface area contributed by atoms with Crippen LogP contribution < -0.4 is 5.32 Å². The molecule has 4 heteroatoms. The summed E-state index contributed by atoms with van der Waals surface area (Å²) < 4.78 is 5.52. The molecule has 0 spiro atoms. The molecule has 2 heterocycles. The molecule has 4 nitrogen and oxygen atoms in total. The van der Waals surface area contributed by atoms with E-state index in [0.29, 0.717) is 18.4 Å². The zero-order chi connectivity index (χ0) is 12.3. The first kappa shape index (κ1) is 12.8. The average Bonchev–Trinajstić information content (AvgIpc) is 2.81. The molecule has 2 aliphatic rings. The second-order valence-electron chi connectivity index (χ2n) is 5.34. The van der Waals surface area contributed by atoms with Crippen molar-refractivity contribution in [2.75, 3.05) is 26.7 Å². The Morgan fingerprint density at radius 2 is 2.29 bits per heavy atom. The highest BCUT2D eigenvalue weighted by molar-refractivity contribution is 5.76. The molecule has 0 aromatic heterocycles. The number of rotatable bonds is 3. The quantitative estimate of drug-likeness (QED) is 0.800. The van der Waals surface area contributed by atoms with Gasteiger partial charge >= 0.3 is 0 Å². The fraction of sp³-hybridized carbons (Fsp3) is 0.923. The van der Waals surface area contributed by atoms with Crippen LogP contribution in [0.5, 0.6) is 0 Å². The van der Waals surface area contributed by atoms with E-state index in [0.717, 1.165) is 39.0 Å². The lowest BCUT2D eigenvalue weighted by Crippen LogP contribution is -2.49. The Bertz CT molecular complexity index is 264. The summed E-state index contributed by atoms with van der Waals surface area (Å²) >= 11 is 0. The van der Waals surface area contributed by atoms with Gasteiger partial charge < -0.3 is 15.0 Å². The van der Waals surface area contributed by atoms with Crippen LogP contribution >= 0.6 is 0 Å². The van der Waals surface area contributed by atoms with Gasteiger partial charge in [0.05, 0.1) is 12.5 Å². The number of likely N-dealkylation sites (tertiary alicyclic amines) is 1. The van der Waals surface area contributed by atoms with E-state index in [2.05, 4.69) is 12.2 Å². The third kappa shape index (κ3) is 3.19. The van der Waals surface area contributed by atoms with Crippen LogP contribution in [0.3, 0.4) is 0 Å². The van der Waals surface area contributed by atoms with E-state index in [-0.39, 0.29) is 12.0 Å². The molecule has 0 bridgehead atoms. The number of piperidine rings is 1. The molecular weight excluding hydrogens is 216 g/mol. The smallest absolute Gasteiger partial charge is 0.225 e. The second-order valence-corrected chi connectivity index (χ2v) is 5.34. The van der Waals surface area contributed by atoms with Crippen LogP contribution in [-0.2, 0) is 9.53 Å². The van der Waals surface area contributed by atoms with Crippen LogP contribution in [0.25, 0.3) is 0 Å². The van der Waals surface area contributed by atoms with Gasteiger partial charge in [-0.15, -0.1) is 0 Å². The van der Waals surface area contributed by atoms with E-state index in [1.165, 1.54) is 0 Å². The summed E-state index contributed by atoms with van der Waals surface area (Å²) in [4.78, 5) is 14.1. The monoisotopic (exact) mass is 240 g/mol. The molecule has 0 aliphatic carbocycles. The van der Waals surface area contributed by atoms with E-state index in [4.69, 9.17) is 4.74 Å². The Morgan fingerprint density at radius 3 is 2.88 bits per heavy atom. The minimum absolute atomic E-state index is 0.180. The highest BCUT2D eigenvalue weighted by atomic mass is 16.5. The normalized spacial score (nSPS) is 34.0. The van der Waals surface area contributed by atoms with Gasteiger partial charge in [-0.1, -0.05) is 6.92 Å². The minimum atomic E-state index is 0.180. The lowest BCUT2D eigenvalue weighted by Gasteiger charge is -2.37. The van der Waals surface area contributed by atoms with Crippen LogP contribution in [0, 0.1) is 5.92 Å². The van der Waals surface area contributed by atoms with Crippen molar-refractivity contribution in [3.63, 3.8) is 0 Å². The van der Waals surface area contributed by atoms with Gasteiger partial charge in [-0.25, -0.2) is 0 Å². The molecule has 0 radical (unpaired) electrons. The van der Waals surface area contributed by atoms with E-state index >= 15 is 0 Å². The number of nitrogens with one attached hydrogen (secondary N) is 1. The van der Waals surface area contributed by atoms with E-state index in [1.807, 2.05) is 11.9 Å². The van der Waals surface area contributed by atoms with Crippen LogP contribution in [-0.4, -0.2) is 49.7 Å². The molecular formula is C13H24N2O2. The summed E-state index contributed by atoms with van der Waals surface area (Å²) in [7, 11) is 2.00. The Morgan fingerprint density at radius 1 is 1.47 bits per heavy atom. The predicted molar refractivity (Wildman–Crippen MR) is 66.8 cm³/mol. The molecule has 17 heavy (non-hydrogen) atoms. The van der Waals surface area contributed by atoms with Gasteiger partial charge in [0, 0.05) is 25.7 Å². The largest absolute Gasteiger partial charge is 0.378 e. The number of amides is 1. The molecule has 3 atom stereocenters. The fourth-order valence-electron chi connectivity index (χ4n) is 2.93. The Labute approximate surface area is 104 Å². The van der Waals surface area contributed by atoms with Crippen LogP contribution in [0.2, 0.25) is 0 Å². The summed E-state index contributed by atoms with van der Waals surface area (Å²) in [5.74, 6) is 0.820. The minimum Gasteiger partial charge on any atom is -0.378 e. The van der Waals surface area contributed by atoms with Gasteiger partial charge in [-0.05, 0) is 32.2 Å². The number of carbonyl (C=O) groups is 1. The Hall–Kier alpha value is -0.610.